The first kappa shape index (κ1) is 50.2. The normalized spacial score (nSPS) is 17.3. The summed E-state index contributed by atoms with van der Waals surface area (Å²) in [5.74, 6) is -3.85. The number of allylic oxidation sites excluding steroid dienone is 12. The Hall–Kier alpha value is -4.18. The highest BCUT2D eigenvalue weighted by molar-refractivity contribution is 8.77. The number of rotatable bonds is 29. The number of halogens is 2. The van der Waals surface area contributed by atoms with Crippen LogP contribution < -0.4 is 20.1 Å². The lowest BCUT2D eigenvalue weighted by molar-refractivity contribution is -0.286. The molecule has 0 spiro atoms. The van der Waals surface area contributed by atoms with E-state index >= 15 is 0 Å². The van der Waals surface area contributed by atoms with Gasteiger partial charge in [-0.2, -0.15) is 0 Å². The Morgan fingerprint density at radius 2 is 1.42 bits per heavy atom. The standard InChI is InChI=1S/C45H60F2N2O9S2/c1-4-5-6-7-8-9-10-11-12-13-14-15-16-17-18-19-20-21-22-23-40(53)49-36(42(55)56)32-59-60-43(2,3)35(41(54)48-30-34(51)31-50)29-39(52)44(26-27-44)33-24-25-37-38(28-33)58-45(46,47)57-37/h5-6,8-9,11-12,14-15,17-18,20-21,24-25,28,34-36,50-51H,4,7,10,13,16,19,22-23,26-27,29-32H2,1-3H3,(H,48,54)(H,49,53)(H,55,56)/b6-5-,9-8-,12-11-,15-14-,18-17-,21-20-/t34-,35-,36+/m1/s1. The van der Waals surface area contributed by atoms with Crippen molar-refractivity contribution in [3.8, 4) is 11.5 Å². The summed E-state index contributed by atoms with van der Waals surface area (Å²) in [6, 6.07) is 2.99. The molecule has 1 saturated carbocycles. The summed E-state index contributed by atoms with van der Waals surface area (Å²) in [6.45, 7) is 4.73. The van der Waals surface area contributed by atoms with E-state index in [-0.39, 0.29) is 42.4 Å². The molecule has 0 bridgehead atoms. The second kappa shape index (κ2) is 25.6. The summed E-state index contributed by atoms with van der Waals surface area (Å²) in [6.07, 6.45) is 26.7. The van der Waals surface area contributed by atoms with Crippen LogP contribution in [0.1, 0.15) is 97.0 Å². The van der Waals surface area contributed by atoms with Crippen molar-refractivity contribution in [2.24, 2.45) is 5.92 Å². The smallest absolute Gasteiger partial charge is 0.480 e. The third-order valence-electron chi connectivity index (χ3n) is 9.78. The molecule has 5 N–H and O–H groups in total. The molecule has 1 aliphatic heterocycles. The molecule has 15 heteroatoms. The minimum absolute atomic E-state index is 0.0354. The van der Waals surface area contributed by atoms with Crippen molar-refractivity contribution >= 4 is 45.2 Å². The zero-order chi connectivity index (χ0) is 44.0. The van der Waals surface area contributed by atoms with Crippen LogP contribution in [-0.4, -0.2) is 81.0 Å². The summed E-state index contributed by atoms with van der Waals surface area (Å²) in [5, 5.41) is 34.1. The first-order valence-corrected chi connectivity index (χ1v) is 22.7. The van der Waals surface area contributed by atoms with Crippen molar-refractivity contribution in [1.29, 1.82) is 0 Å². The molecular weight excluding hydrogens is 815 g/mol. The molecule has 3 rings (SSSR count). The number of carbonyl (C=O) groups is 4. The number of aliphatic hydroxyl groups excluding tert-OH is 2. The van der Waals surface area contributed by atoms with Crippen LogP contribution in [0.3, 0.4) is 0 Å². The van der Waals surface area contributed by atoms with Gasteiger partial charge in [-0.15, -0.1) is 8.78 Å². The molecule has 1 aromatic carbocycles. The molecule has 2 amide bonds. The molecule has 2 aliphatic rings. The summed E-state index contributed by atoms with van der Waals surface area (Å²) >= 11 is 0. The average Bonchev–Trinajstić information content (AvgIpc) is 3.95. The third-order valence-corrected chi connectivity index (χ3v) is 13.1. The van der Waals surface area contributed by atoms with Crippen molar-refractivity contribution < 1.29 is 52.8 Å². The van der Waals surface area contributed by atoms with Gasteiger partial charge < -0.3 is 35.4 Å². The van der Waals surface area contributed by atoms with Crippen LogP contribution in [0, 0.1) is 5.92 Å². The second-order valence-electron chi connectivity index (χ2n) is 15.1. The molecule has 1 fully saturated rings. The predicted octanol–water partition coefficient (Wildman–Crippen LogP) is 8.29. The van der Waals surface area contributed by atoms with E-state index in [1.165, 1.54) is 29.0 Å². The number of Topliss-reactive ketones (excluding diaryl/α,β-unsaturated/α-hetero) is 1. The Morgan fingerprint density at radius 3 is 1.95 bits per heavy atom. The molecule has 1 aliphatic carbocycles. The number of alkyl halides is 2. The van der Waals surface area contributed by atoms with Gasteiger partial charge in [0.2, 0.25) is 11.8 Å². The van der Waals surface area contributed by atoms with Gasteiger partial charge in [0.25, 0.3) is 0 Å². The van der Waals surface area contributed by atoms with Gasteiger partial charge in [-0.3, -0.25) is 14.4 Å². The fourth-order valence-electron chi connectivity index (χ4n) is 6.15. The van der Waals surface area contributed by atoms with Crippen LogP contribution in [0.15, 0.2) is 91.1 Å². The Morgan fingerprint density at radius 1 is 0.867 bits per heavy atom. The van der Waals surface area contributed by atoms with Gasteiger partial charge in [0.1, 0.15) is 11.8 Å². The molecule has 1 aromatic rings. The number of carbonyl (C=O) groups excluding carboxylic acids is 3. The maximum atomic E-state index is 13.9. The van der Waals surface area contributed by atoms with Crippen LogP contribution >= 0.6 is 21.6 Å². The first-order valence-electron chi connectivity index (χ1n) is 20.4. The SMILES string of the molecule is CC/C=C\C/C=C\C/C=C\C/C=C\C/C=C\C/C=C\CCC(=O)N[C@@H](CSSC(C)(C)[C@H](CC(=O)C1(c2ccc3c(c2)OC(F)(F)O3)CC1)C(=O)NC[C@@H](O)CO)C(=O)O. The number of hydrogen-bond acceptors (Lipinski definition) is 10. The van der Waals surface area contributed by atoms with Crippen molar-refractivity contribution in [3.05, 3.63) is 96.7 Å². The molecule has 0 aromatic heterocycles. The number of aliphatic hydroxyl groups is 2. The molecule has 11 nitrogen and oxygen atoms in total. The Kier molecular flexibility index (Phi) is 21.4. The van der Waals surface area contributed by atoms with Crippen LogP contribution in [0.25, 0.3) is 0 Å². The van der Waals surface area contributed by atoms with E-state index in [0.717, 1.165) is 42.9 Å². The first-order chi connectivity index (χ1) is 28.6. The van der Waals surface area contributed by atoms with Gasteiger partial charge >= 0.3 is 12.3 Å². The zero-order valence-electron chi connectivity index (χ0n) is 34.7. The lowest BCUT2D eigenvalue weighted by Gasteiger charge is -2.33. The van der Waals surface area contributed by atoms with E-state index in [1.54, 1.807) is 13.8 Å². The van der Waals surface area contributed by atoms with Crippen LogP contribution in [0.2, 0.25) is 0 Å². The van der Waals surface area contributed by atoms with E-state index in [2.05, 4.69) is 81.7 Å². The lowest BCUT2D eigenvalue weighted by Crippen LogP contribution is -2.46. The molecular formula is C45H60F2N2O9S2. The number of aliphatic carboxylic acids is 1. The van der Waals surface area contributed by atoms with Gasteiger partial charge in [0, 0.05) is 29.9 Å². The number of hydrogen-bond donors (Lipinski definition) is 5. The number of ether oxygens (including phenoxy) is 2. The Labute approximate surface area is 360 Å². The fraction of sp³-hybridized carbons (Fsp3) is 0.511. The van der Waals surface area contributed by atoms with Gasteiger partial charge in [-0.1, -0.05) is 107 Å². The average molecular weight is 875 g/mol. The number of carboxylic acids is 1. The minimum atomic E-state index is -3.82. The number of carboxylic acid groups (broad SMARTS) is 1. The van der Waals surface area contributed by atoms with Crippen LogP contribution in [-0.2, 0) is 24.6 Å². The number of amides is 2. The topological polar surface area (TPSA) is 171 Å². The van der Waals surface area contributed by atoms with E-state index in [9.17, 15) is 43.3 Å². The number of benzene rings is 1. The highest BCUT2D eigenvalue weighted by Crippen LogP contribution is 2.54. The van der Waals surface area contributed by atoms with E-state index in [4.69, 9.17) is 0 Å². The van der Waals surface area contributed by atoms with Crippen LogP contribution in [0.5, 0.6) is 11.5 Å². The number of fused-ring (bicyclic) bond motifs is 1. The maximum Gasteiger partial charge on any atom is 0.586 e. The summed E-state index contributed by atoms with van der Waals surface area (Å²) in [7, 11) is 2.31. The van der Waals surface area contributed by atoms with Crippen molar-refractivity contribution in [3.63, 3.8) is 0 Å². The van der Waals surface area contributed by atoms with E-state index in [0.29, 0.717) is 31.2 Å². The second-order valence-corrected chi connectivity index (χ2v) is 18.1. The van der Waals surface area contributed by atoms with E-state index in [1.807, 2.05) is 18.2 Å². The van der Waals surface area contributed by atoms with Crippen molar-refractivity contribution in [1.82, 2.24) is 10.6 Å². The quantitative estimate of drug-likeness (QED) is 0.0388. The molecule has 3 atom stereocenters. The Bertz CT molecular complexity index is 1750. The molecule has 0 radical (unpaired) electrons. The summed E-state index contributed by atoms with van der Waals surface area (Å²) in [5.41, 5.74) is -0.556. The van der Waals surface area contributed by atoms with Gasteiger partial charge in [0.05, 0.1) is 24.0 Å². The maximum absolute atomic E-state index is 13.9. The van der Waals surface area contributed by atoms with Crippen molar-refractivity contribution in [2.45, 2.75) is 120 Å². The molecule has 1 heterocycles. The lowest BCUT2D eigenvalue weighted by atomic mass is 9.81. The molecule has 0 saturated heterocycles. The summed E-state index contributed by atoms with van der Waals surface area (Å²) < 4.78 is 35.4. The van der Waals surface area contributed by atoms with Gasteiger partial charge in [0.15, 0.2) is 11.5 Å². The number of nitrogens with one attached hydrogen (secondary N) is 2. The predicted molar refractivity (Wildman–Crippen MR) is 234 cm³/mol. The monoisotopic (exact) mass is 874 g/mol. The van der Waals surface area contributed by atoms with Gasteiger partial charge in [-0.05, 0) is 89.3 Å². The van der Waals surface area contributed by atoms with E-state index < -0.39 is 58.9 Å². The molecule has 0 unspecified atom stereocenters. The summed E-state index contributed by atoms with van der Waals surface area (Å²) in [4.78, 5) is 52.2. The van der Waals surface area contributed by atoms with Crippen molar-refractivity contribution in [2.75, 3.05) is 18.9 Å². The Balaban J connectivity index is 1.45. The number of ketones is 1. The fourth-order valence-corrected chi connectivity index (χ4v) is 9.06. The van der Waals surface area contributed by atoms with Gasteiger partial charge in [-0.25, -0.2) is 4.79 Å². The highest BCUT2D eigenvalue weighted by Gasteiger charge is 2.54. The molecule has 330 valence electrons. The molecule has 60 heavy (non-hydrogen) atoms. The highest BCUT2D eigenvalue weighted by atomic mass is 33.1. The third kappa shape index (κ3) is 17.4. The zero-order valence-corrected chi connectivity index (χ0v) is 36.3. The van der Waals surface area contributed by atoms with Crippen LogP contribution in [0.4, 0.5) is 8.78 Å². The minimum Gasteiger partial charge on any atom is -0.480 e. The largest absolute Gasteiger partial charge is 0.586 e.